The van der Waals surface area contributed by atoms with Crippen LogP contribution in [0.5, 0.6) is 0 Å². The molecule has 100 valence electrons. The molecule has 17 heavy (non-hydrogen) atoms. The second kappa shape index (κ2) is 7.70. The monoisotopic (exact) mass is 240 g/mol. The first-order valence-corrected chi connectivity index (χ1v) is 7.13. The molecule has 0 saturated heterocycles. The van der Waals surface area contributed by atoms with Gasteiger partial charge >= 0.3 is 0 Å². The molecular formula is C14H28N2O. The van der Waals surface area contributed by atoms with Crippen molar-refractivity contribution in [2.75, 3.05) is 19.6 Å². The molecular weight excluding hydrogens is 212 g/mol. The lowest BCUT2D eigenvalue weighted by atomic mass is 9.80. The van der Waals surface area contributed by atoms with Gasteiger partial charge in [0.15, 0.2) is 0 Å². The van der Waals surface area contributed by atoms with E-state index in [1.165, 1.54) is 25.7 Å². The predicted molar refractivity (Wildman–Crippen MR) is 71.8 cm³/mol. The Kier molecular flexibility index (Phi) is 6.56. The third kappa shape index (κ3) is 5.07. The zero-order chi connectivity index (χ0) is 12.7. The van der Waals surface area contributed by atoms with Gasteiger partial charge in [-0.3, -0.25) is 4.79 Å². The number of amides is 1. The minimum Gasteiger partial charge on any atom is -0.356 e. The molecule has 3 heteroatoms. The highest BCUT2D eigenvalue weighted by Gasteiger charge is 2.22. The molecule has 0 aromatic rings. The maximum absolute atomic E-state index is 11.8. The Morgan fingerprint density at radius 3 is 2.71 bits per heavy atom. The highest BCUT2D eigenvalue weighted by Crippen LogP contribution is 2.28. The number of hydrogen-bond donors (Lipinski definition) is 2. The van der Waals surface area contributed by atoms with Crippen LogP contribution in [0.3, 0.4) is 0 Å². The SMILES string of the molecule is CCNCC(C)C(=O)NCC1CCCCC1C. The third-order valence-corrected chi connectivity index (χ3v) is 3.98. The molecule has 1 saturated carbocycles. The van der Waals surface area contributed by atoms with Gasteiger partial charge in [-0.1, -0.05) is 40.0 Å². The molecule has 0 heterocycles. The van der Waals surface area contributed by atoms with Crippen molar-refractivity contribution in [1.29, 1.82) is 0 Å². The number of carbonyl (C=O) groups is 1. The number of carbonyl (C=O) groups excluding carboxylic acids is 1. The molecule has 2 N–H and O–H groups in total. The van der Waals surface area contributed by atoms with E-state index < -0.39 is 0 Å². The summed E-state index contributed by atoms with van der Waals surface area (Å²) in [5.74, 6) is 1.74. The second-order valence-electron chi connectivity index (χ2n) is 5.48. The van der Waals surface area contributed by atoms with Gasteiger partial charge in [-0.05, 0) is 24.8 Å². The summed E-state index contributed by atoms with van der Waals surface area (Å²) >= 11 is 0. The molecule has 1 amide bonds. The first kappa shape index (κ1) is 14.5. The molecule has 0 aromatic heterocycles. The maximum Gasteiger partial charge on any atom is 0.224 e. The van der Waals surface area contributed by atoms with E-state index in [1.54, 1.807) is 0 Å². The average Bonchev–Trinajstić information content (AvgIpc) is 2.34. The highest BCUT2D eigenvalue weighted by molar-refractivity contribution is 5.78. The van der Waals surface area contributed by atoms with Crippen LogP contribution < -0.4 is 10.6 Å². The van der Waals surface area contributed by atoms with Crippen LogP contribution in [0.4, 0.5) is 0 Å². The zero-order valence-corrected chi connectivity index (χ0v) is 11.6. The highest BCUT2D eigenvalue weighted by atomic mass is 16.1. The Bertz CT molecular complexity index is 230. The minimum absolute atomic E-state index is 0.0776. The summed E-state index contributed by atoms with van der Waals surface area (Å²) in [6.07, 6.45) is 5.30. The van der Waals surface area contributed by atoms with E-state index in [1.807, 2.05) is 6.92 Å². The summed E-state index contributed by atoms with van der Waals surface area (Å²) in [5, 5.41) is 6.33. The molecule has 0 spiro atoms. The normalized spacial score (nSPS) is 26.5. The number of nitrogens with one attached hydrogen (secondary N) is 2. The molecule has 0 radical (unpaired) electrons. The molecule has 1 aliphatic carbocycles. The van der Waals surface area contributed by atoms with Gasteiger partial charge in [-0.2, -0.15) is 0 Å². The van der Waals surface area contributed by atoms with Crippen LogP contribution in [-0.2, 0) is 4.79 Å². The summed E-state index contributed by atoms with van der Waals surface area (Å²) in [6.45, 7) is 8.95. The Morgan fingerprint density at radius 1 is 1.35 bits per heavy atom. The molecule has 3 atom stereocenters. The third-order valence-electron chi connectivity index (χ3n) is 3.98. The Hall–Kier alpha value is -0.570. The quantitative estimate of drug-likeness (QED) is 0.747. The molecule has 0 aromatic carbocycles. The minimum atomic E-state index is 0.0776. The topological polar surface area (TPSA) is 41.1 Å². The van der Waals surface area contributed by atoms with Crippen molar-refractivity contribution in [2.24, 2.45) is 17.8 Å². The summed E-state index contributed by atoms with van der Waals surface area (Å²) in [7, 11) is 0. The molecule has 0 aliphatic heterocycles. The van der Waals surface area contributed by atoms with Crippen LogP contribution in [0.25, 0.3) is 0 Å². The van der Waals surface area contributed by atoms with E-state index in [2.05, 4.69) is 24.5 Å². The van der Waals surface area contributed by atoms with Crippen molar-refractivity contribution in [3.05, 3.63) is 0 Å². The van der Waals surface area contributed by atoms with E-state index in [9.17, 15) is 4.79 Å². The van der Waals surface area contributed by atoms with Crippen molar-refractivity contribution in [2.45, 2.75) is 46.5 Å². The molecule has 1 rings (SSSR count). The van der Waals surface area contributed by atoms with Crippen molar-refractivity contribution in [3.8, 4) is 0 Å². The van der Waals surface area contributed by atoms with Gasteiger partial charge in [0, 0.05) is 19.0 Å². The van der Waals surface area contributed by atoms with Crippen LogP contribution in [0.1, 0.15) is 46.5 Å². The van der Waals surface area contributed by atoms with E-state index in [-0.39, 0.29) is 11.8 Å². The maximum atomic E-state index is 11.8. The molecule has 3 unspecified atom stereocenters. The lowest BCUT2D eigenvalue weighted by Crippen LogP contribution is -2.39. The van der Waals surface area contributed by atoms with Gasteiger partial charge in [-0.15, -0.1) is 0 Å². The van der Waals surface area contributed by atoms with Gasteiger partial charge < -0.3 is 10.6 Å². The fraction of sp³-hybridized carbons (Fsp3) is 0.929. The van der Waals surface area contributed by atoms with Gasteiger partial charge in [-0.25, -0.2) is 0 Å². The van der Waals surface area contributed by atoms with Crippen molar-refractivity contribution >= 4 is 5.91 Å². The predicted octanol–water partition coefficient (Wildman–Crippen LogP) is 2.17. The van der Waals surface area contributed by atoms with E-state index in [4.69, 9.17) is 0 Å². The van der Waals surface area contributed by atoms with E-state index in [0.717, 1.165) is 25.6 Å². The first-order chi connectivity index (χ1) is 8.15. The van der Waals surface area contributed by atoms with Crippen molar-refractivity contribution in [3.63, 3.8) is 0 Å². The largest absolute Gasteiger partial charge is 0.356 e. The van der Waals surface area contributed by atoms with Crippen LogP contribution in [0.2, 0.25) is 0 Å². The fourth-order valence-electron chi connectivity index (χ4n) is 2.56. The van der Waals surface area contributed by atoms with Gasteiger partial charge in [0.1, 0.15) is 0 Å². The first-order valence-electron chi connectivity index (χ1n) is 7.13. The Labute approximate surface area is 106 Å². The van der Waals surface area contributed by atoms with Gasteiger partial charge in [0.05, 0.1) is 0 Å². The molecule has 0 bridgehead atoms. The summed E-state index contributed by atoms with van der Waals surface area (Å²) in [5.41, 5.74) is 0. The second-order valence-corrected chi connectivity index (χ2v) is 5.48. The van der Waals surface area contributed by atoms with Gasteiger partial charge in [0.25, 0.3) is 0 Å². The Balaban J connectivity index is 2.22. The summed E-state index contributed by atoms with van der Waals surface area (Å²) in [6, 6.07) is 0. The van der Waals surface area contributed by atoms with E-state index in [0.29, 0.717) is 5.92 Å². The van der Waals surface area contributed by atoms with Crippen LogP contribution in [0.15, 0.2) is 0 Å². The van der Waals surface area contributed by atoms with Crippen LogP contribution in [-0.4, -0.2) is 25.5 Å². The lowest BCUT2D eigenvalue weighted by molar-refractivity contribution is -0.124. The van der Waals surface area contributed by atoms with Crippen LogP contribution in [0, 0.1) is 17.8 Å². The lowest BCUT2D eigenvalue weighted by Gasteiger charge is -2.29. The molecule has 1 fully saturated rings. The van der Waals surface area contributed by atoms with Crippen molar-refractivity contribution in [1.82, 2.24) is 10.6 Å². The number of hydrogen-bond acceptors (Lipinski definition) is 2. The van der Waals surface area contributed by atoms with Crippen LogP contribution >= 0.6 is 0 Å². The molecule has 1 aliphatic rings. The molecule has 3 nitrogen and oxygen atoms in total. The van der Waals surface area contributed by atoms with Gasteiger partial charge in [0.2, 0.25) is 5.91 Å². The standard InChI is InChI=1S/C14H28N2O/c1-4-15-9-12(3)14(17)16-10-13-8-6-5-7-11(13)2/h11-13,15H,4-10H2,1-3H3,(H,16,17). The van der Waals surface area contributed by atoms with Crippen molar-refractivity contribution < 1.29 is 4.79 Å². The Morgan fingerprint density at radius 2 is 2.06 bits per heavy atom. The summed E-state index contributed by atoms with van der Waals surface area (Å²) in [4.78, 5) is 11.8. The average molecular weight is 240 g/mol. The fourth-order valence-corrected chi connectivity index (χ4v) is 2.56. The van der Waals surface area contributed by atoms with E-state index >= 15 is 0 Å². The summed E-state index contributed by atoms with van der Waals surface area (Å²) < 4.78 is 0. The smallest absolute Gasteiger partial charge is 0.224 e. The zero-order valence-electron chi connectivity index (χ0n) is 11.6. The number of rotatable bonds is 6.